The van der Waals surface area contributed by atoms with Crippen LogP contribution < -0.4 is 11.2 Å². The van der Waals surface area contributed by atoms with Crippen LogP contribution in [0.5, 0.6) is 0 Å². The Hall–Kier alpha value is -3.15. The van der Waals surface area contributed by atoms with Crippen molar-refractivity contribution in [3.8, 4) is 0 Å². The first kappa shape index (κ1) is 17.7. The van der Waals surface area contributed by atoms with Gasteiger partial charge in [-0.25, -0.2) is 9.59 Å². The number of aryl methyl sites for hydroxylation is 2. The molecule has 0 aliphatic rings. The predicted molar refractivity (Wildman–Crippen MR) is 99.6 cm³/mol. The van der Waals surface area contributed by atoms with Crippen LogP contribution in [0, 0.1) is 13.8 Å². The van der Waals surface area contributed by atoms with Crippen LogP contribution in [0.2, 0.25) is 0 Å². The molecule has 0 atom stereocenters. The lowest BCUT2D eigenvalue weighted by Crippen LogP contribution is -2.35. The fraction of sp³-hybridized carbons (Fsp3) is 0.250. The number of rotatable bonds is 5. The van der Waals surface area contributed by atoms with E-state index in [2.05, 4.69) is 4.98 Å². The number of benzene rings is 2. The smallest absolute Gasteiger partial charge is 0.338 e. The maximum absolute atomic E-state index is 12.4. The normalized spacial score (nSPS) is 10.8. The predicted octanol–water partition coefficient (Wildman–Crippen LogP) is 2.55. The molecule has 3 rings (SSSR count). The minimum absolute atomic E-state index is 0.129. The molecule has 0 saturated carbocycles. The number of H-pyrrole nitrogens is 1. The molecule has 6 nitrogen and oxygen atoms in total. The van der Waals surface area contributed by atoms with Gasteiger partial charge in [-0.3, -0.25) is 9.36 Å². The second-order valence-corrected chi connectivity index (χ2v) is 6.30. The van der Waals surface area contributed by atoms with Crippen LogP contribution in [0.4, 0.5) is 0 Å². The van der Waals surface area contributed by atoms with Gasteiger partial charge in [0.05, 0.1) is 23.1 Å². The average molecular weight is 352 g/mol. The number of hydrogen-bond donors (Lipinski definition) is 1. The number of esters is 1. The van der Waals surface area contributed by atoms with Crippen molar-refractivity contribution in [2.75, 3.05) is 6.61 Å². The standard InChI is InChI=1S/C20H20N2O4/c1-13-10-14(2)12-15(11-13)19(24)26-9-5-8-22-18(23)16-6-3-4-7-17(16)21-20(22)25/h3-4,6-7,10-12H,5,8-9H2,1-2H3,(H,21,25). The summed E-state index contributed by atoms with van der Waals surface area (Å²) in [5.41, 5.74) is 2.19. The molecule has 0 aliphatic heterocycles. The Kier molecular flexibility index (Phi) is 5.02. The van der Waals surface area contributed by atoms with Gasteiger partial charge in [0.15, 0.2) is 0 Å². The lowest BCUT2D eigenvalue weighted by Gasteiger charge is -2.08. The van der Waals surface area contributed by atoms with E-state index in [4.69, 9.17) is 4.74 Å². The van der Waals surface area contributed by atoms with E-state index in [1.54, 1.807) is 36.4 Å². The summed E-state index contributed by atoms with van der Waals surface area (Å²) in [5.74, 6) is -0.406. The Bertz CT molecular complexity index is 1060. The largest absolute Gasteiger partial charge is 0.462 e. The second-order valence-electron chi connectivity index (χ2n) is 6.30. The summed E-state index contributed by atoms with van der Waals surface area (Å²) in [6.45, 7) is 4.15. The maximum Gasteiger partial charge on any atom is 0.338 e. The van der Waals surface area contributed by atoms with Gasteiger partial charge in [0, 0.05) is 6.54 Å². The fourth-order valence-corrected chi connectivity index (χ4v) is 2.97. The average Bonchev–Trinajstić information content (AvgIpc) is 2.60. The van der Waals surface area contributed by atoms with Gasteiger partial charge in [0.2, 0.25) is 0 Å². The van der Waals surface area contributed by atoms with Gasteiger partial charge in [0.25, 0.3) is 5.56 Å². The van der Waals surface area contributed by atoms with Crippen LogP contribution in [0.3, 0.4) is 0 Å². The van der Waals surface area contributed by atoms with Gasteiger partial charge < -0.3 is 9.72 Å². The number of carbonyl (C=O) groups excluding carboxylic acids is 1. The highest BCUT2D eigenvalue weighted by Crippen LogP contribution is 2.10. The molecule has 0 unspecified atom stereocenters. The van der Waals surface area contributed by atoms with Crippen LogP contribution in [-0.2, 0) is 11.3 Å². The van der Waals surface area contributed by atoms with Gasteiger partial charge >= 0.3 is 11.7 Å². The summed E-state index contributed by atoms with van der Waals surface area (Å²) >= 11 is 0. The Morgan fingerprint density at radius 3 is 2.50 bits per heavy atom. The van der Waals surface area contributed by atoms with E-state index in [9.17, 15) is 14.4 Å². The maximum atomic E-state index is 12.4. The summed E-state index contributed by atoms with van der Waals surface area (Å²) in [7, 11) is 0. The number of hydrogen-bond acceptors (Lipinski definition) is 4. The zero-order valence-corrected chi connectivity index (χ0v) is 14.7. The zero-order chi connectivity index (χ0) is 18.7. The van der Waals surface area contributed by atoms with Gasteiger partial charge in [-0.2, -0.15) is 0 Å². The molecule has 2 aromatic carbocycles. The van der Waals surface area contributed by atoms with E-state index in [-0.39, 0.29) is 18.7 Å². The van der Waals surface area contributed by atoms with Crippen molar-refractivity contribution in [1.82, 2.24) is 9.55 Å². The molecule has 0 saturated heterocycles. The highest BCUT2D eigenvalue weighted by Gasteiger charge is 2.10. The van der Waals surface area contributed by atoms with Crippen molar-refractivity contribution >= 4 is 16.9 Å². The highest BCUT2D eigenvalue weighted by atomic mass is 16.5. The lowest BCUT2D eigenvalue weighted by molar-refractivity contribution is 0.0495. The van der Waals surface area contributed by atoms with Crippen molar-refractivity contribution in [2.24, 2.45) is 0 Å². The third-order valence-corrected chi connectivity index (χ3v) is 4.11. The Morgan fingerprint density at radius 1 is 1.08 bits per heavy atom. The van der Waals surface area contributed by atoms with Gasteiger partial charge in [0.1, 0.15) is 0 Å². The molecule has 0 amide bonds. The minimum atomic E-state index is -0.464. The molecule has 26 heavy (non-hydrogen) atoms. The number of nitrogens with zero attached hydrogens (tertiary/aromatic N) is 1. The third-order valence-electron chi connectivity index (χ3n) is 4.11. The summed E-state index contributed by atoms with van der Waals surface area (Å²) in [4.78, 5) is 39.3. The highest BCUT2D eigenvalue weighted by molar-refractivity contribution is 5.89. The summed E-state index contributed by atoms with van der Waals surface area (Å²) in [5, 5.41) is 0.458. The number of ether oxygens (including phenoxy) is 1. The van der Waals surface area contributed by atoms with Gasteiger partial charge in [-0.1, -0.05) is 29.3 Å². The Morgan fingerprint density at radius 2 is 1.77 bits per heavy atom. The first-order valence-electron chi connectivity index (χ1n) is 8.43. The molecule has 3 aromatic rings. The van der Waals surface area contributed by atoms with Crippen molar-refractivity contribution in [3.63, 3.8) is 0 Å². The first-order valence-corrected chi connectivity index (χ1v) is 8.43. The molecule has 0 bridgehead atoms. The lowest BCUT2D eigenvalue weighted by atomic mass is 10.1. The SMILES string of the molecule is Cc1cc(C)cc(C(=O)OCCCn2c(=O)[nH]c3ccccc3c2=O)c1. The molecule has 0 fully saturated rings. The number of nitrogens with one attached hydrogen (secondary N) is 1. The fourth-order valence-electron chi connectivity index (χ4n) is 2.97. The molecule has 0 spiro atoms. The molecule has 1 N–H and O–H groups in total. The summed E-state index contributed by atoms with van der Waals surface area (Å²) < 4.78 is 6.39. The molecule has 0 aliphatic carbocycles. The van der Waals surface area contributed by atoms with Gasteiger partial charge in [-0.05, 0) is 44.5 Å². The Balaban J connectivity index is 1.65. The van der Waals surface area contributed by atoms with E-state index in [0.29, 0.717) is 22.9 Å². The molecule has 0 radical (unpaired) electrons. The van der Waals surface area contributed by atoms with E-state index < -0.39 is 11.7 Å². The number of carbonyl (C=O) groups is 1. The summed E-state index contributed by atoms with van der Waals surface area (Å²) in [6, 6.07) is 12.4. The number of fused-ring (bicyclic) bond motifs is 1. The van der Waals surface area contributed by atoms with Crippen LogP contribution in [-0.4, -0.2) is 22.1 Å². The van der Waals surface area contributed by atoms with Crippen LogP contribution in [0.1, 0.15) is 27.9 Å². The number of para-hydroxylation sites is 1. The molecule has 1 aromatic heterocycles. The molecular weight excluding hydrogens is 332 g/mol. The molecule has 1 heterocycles. The molecular formula is C20H20N2O4. The van der Waals surface area contributed by atoms with Crippen molar-refractivity contribution < 1.29 is 9.53 Å². The van der Waals surface area contributed by atoms with E-state index in [1.807, 2.05) is 19.9 Å². The Labute approximate surface area is 150 Å². The molecule has 134 valence electrons. The molecule has 6 heteroatoms. The quantitative estimate of drug-likeness (QED) is 0.565. The van der Waals surface area contributed by atoms with E-state index in [0.717, 1.165) is 15.7 Å². The summed E-state index contributed by atoms with van der Waals surface area (Å²) in [6.07, 6.45) is 0.373. The third kappa shape index (κ3) is 3.74. The zero-order valence-electron chi connectivity index (χ0n) is 14.7. The van der Waals surface area contributed by atoms with Crippen LogP contribution in [0.15, 0.2) is 52.1 Å². The topological polar surface area (TPSA) is 81.2 Å². The minimum Gasteiger partial charge on any atom is -0.462 e. The van der Waals surface area contributed by atoms with E-state index >= 15 is 0 Å². The monoisotopic (exact) mass is 352 g/mol. The first-order chi connectivity index (χ1) is 12.5. The van der Waals surface area contributed by atoms with Crippen molar-refractivity contribution in [1.29, 1.82) is 0 Å². The van der Waals surface area contributed by atoms with Gasteiger partial charge in [-0.15, -0.1) is 0 Å². The van der Waals surface area contributed by atoms with Crippen LogP contribution >= 0.6 is 0 Å². The van der Waals surface area contributed by atoms with Crippen molar-refractivity contribution in [3.05, 3.63) is 80.0 Å². The second kappa shape index (κ2) is 7.39. The number of aromatic nitrogens is 2. The van der Waals surface area contributed by atoms with E-state index in [1.165, 1.54) is 0 Å². The van der Waals surface area contributed by atoms with Crippen LogP contribution in [0.25, 0.3) is 10.9 Å². The number of aromatic amines is 1. The van der Waals surface area contributed by atoms with Crippen molar-refractivity contribution in [2.45, 2.75) is 26.8 Å².